The quantitative estimate of drug-likeness (QED) is 0.725. The van der Waals surface area contributed by atoms with Crippen molar-refractivity contribution in [1.82, 2.24) is 0 Å². The topological polar surface area (TPSA) is 63.7 Å². The Kier molecular flexibility index (Phi) is 5.70. The Morgan fingerprint density at radius 3 is 2.41 bits per heavy atom. The second-order valence-electron chi connectivity index (χ2n) is 6.41. The molecule has 0 bridgehead atoms. The smallest absolute Gasteiger partial charge is 0.416 e. The summed E-state index contributed by atoms with van der Waals surface area (Å²) < 4.78 is 68.2. The van der Waals surface area contributed by atoms with E-state index in [9.17, 15) is 26.4 Å². The van der Waals surface area contributed by atoms with Crippen molar-refractivity contribution in [3.63, 3.8) is 0 Å². The molecule has 0 N–H and O–H groups in total. The van der Waals surface area contributed by atoms with Gasteiger partial charge < -0.3 is 9.64 Å². The Hall–Kier alpha value is -2.81. The lowest BCUT2D eigenvalue weighted by Gasteiger charge is -2.28. The van der Waals surface area contributed by atoms with E-state index in [4.69, 9.17) is 4.74 Å². The molecule has 5 nitrogen and oxygen atoms in total. The molecular weight excluding hydrogens is 407 g/mol. The molecule has 9 heteroatoms. The number of rotatable bonds is 5. The zero-order valence-corrected chi connectivity index (χ0v) is 16.2. The molecule has 2 aromatic rings. The van der Waals surface area contributed by atoms with Crippen molar-refractivity contribution in [2.24, 2.45) is 0 Å². The predicted octanol–water partition coefficient (Wildman–Crippen LogP) is 4.06. The van der Waals surface area contributed by atoms with Crippen LogP contribution in [0.15, 0.2) is 60.0 Å². The van der Waals surface area contributed by atoms with Crippen LogP contribution in [0.2, 0.25) is 0 Å². The maximum absolute atomic E-state index is 13.1. The van der Waals surface area contributed by atoms with Gasteiger partial charge in [0.1, 0.15) is 5.75 Å². The molecule has 1 unspecified atom stereocenters. The molecule has 0 aromatic heterocycles. The van der Waals surface area contributed by atoms with E-state index in [1.807, 2.05) is 6.92 Å². The highest BCUT2D eigenvalue weighted by Gasteiger charge is 2.34. The van der Waals surface area contributed by atoms with Crippen molar-refractivity contribution in [3.8, 4) is 5.75 Å². The third kappa shape index (κ3) is 4.79. The number of sulfone groups is 1. The predicted molar refractivity (Wildman–Crippen MR) is 103 cm³/mol. The molecule has 0 radical (unpaired) electrons. The van der Waals surface area contributed by atoms with Gasteiger partial charge in [-0.3, -0.25) is 4.79 Å². The van der Waals surface area contributed by atoms with Gasteiger partial charge in [-0.1, -0.05) is 6.07 Å². The fourth-order valence-electron chi connectivity index (χ4n) is 3.02. The van der Waals surface area contributed by atoms with Gasteiger partial charge >= 0.3 is 6.18 Å². The third-order valence-corrected chi connectivity index (χ3v) is 5.70. The third-order valence-electron chi connectivity index (χ3n) is 4.32. The number of nitrogens with zero attached hydrogens (tertiary/aromatic N) is 1. The van der Waals surface area contributed by atoms with Crippen LogP contribution in [0, 0.1) is 0 Å². The zero-order chi connectivity index (χ0) is 21.2. The average molecular weight is 425 g/mol. The summed E-state index contributed by atoms with van der Waals surface area (Å²) in [5.41, 5.74) is -0.793. The minimum atomic E-state index is -4.60. The largest absolute Gasteiger partial charge is 0.494 e. The highest BCUT2D eigenvalue weighted by molar-refractivity contribution is 7.94. The number of halogens is 3. The van der Waals surface area contributed by atoms with Gasteiger partial charge in [-0.05, 0) is 55.5 Å². The summed E-state index contributed by atoms with van der Waals surface area (Å²) in [6, 6.07) is 9.57. The van der Waals surface area contributed by atoms with Crippen LogP contribution >= 0.6 is 0 Å². The first-order valence-electron chi connectivity index (χ1n) is 8.75. The number of benzene rings is 2. The molecule has 0 saturated carbocycles. The first-order valence-corrected chi connectivity index (χ1v) is 10.5. The van der Waals surface area contributed by atoms with Crippen LogP contribution in [0.25, 0.3) is 0 Å². The maximum Gasteiger partial charge on any atom is 0.416 e. The Labute approximate surface area is 166 Å². The average Bonchev–Trinajstić information content (AvgIpc) is 3.02. The van der Waals surface area contributed by atoms with E-state index >= 15 is 0 Å². The van der Waals surface area contributed by atoms with E-state index < -0.39 is 33.5 Å². The van der Waals surface area contributed by atoms with E-state index in [1.54, 1.807) is 24.3 Å². The molecule has 154 valence electrons. The normalized spacial score (nSPS) is 17.9. The summed E-state index contributed by atoms with van der Waals surface area (Å²) in [5.74, 6) is -0.519. The molecule has 1 heterocycles. The van der Waals surface area contributed by atoms with E-state index in [0.717, 1.165) is 23.6 Å². The van der Waals surface area contributed by atoms with Gasteiger partial charge in [0.05, 0.1) is 24.0 Å². The summed E-state index contributed by atoms with van der Waals surface area (Å²) in [7, 11) is -3.49. The first kappa shape index (κ1) is 20.9. The molecule has 0 saturated heterocycles. The number of ether oxygens (including phenoxy) is 1. The van der Waals surface area contributed by atoms with E-state index in [0.29, 0.717) is 18.0 Å². The van der Waals surface area contributed by atoms with Crippen molar-refractivity contribution in [1.29, 1.82) is 0 Å². The standard InChI is InChI=1S/C20H18F3NO4S/c1-2-28-18-8-6-16(7-9-18)24(17-10-11-29(26,27)13-17)19(25)14-4-3-5-15(12-14)20(21,22)23/h3-12,17H,2,13H2,1H3. The van der Waals surface area contributed by atoms with E-state index in [1.165, 1.54) is 17.0 Å². The fraction of sp³-hybridized carbons (Fsp3) is 0.250. The minimum Gasteiger partial charge on any atom is -0.494 e. The van der Waals surface area contributed by atoms with Crippen LogP contribution in [0.1, 0.15) is 22.8 Å². The number of hydrogen-bond donors (Lipinski definition) is 0. The molecule has 3 rings (SSSR count). The number of anilines is 1. The van der Waals surface area contributed by atoms with Crippen LogP contribution < -0.4 is 9.64 Å². The number of amides is 1. The molecule has 1 aliphatic heterocycles. The lowest BCUT2D eigenvalue weighted by molar-refractivity contribution is -0.137. The van der Waals surface area contributed by atoms with Gasteiger partial charge in [0.15, 0.2) is 9.84 Å². The number of carbonyl (C=O) groups excluding carboxylic acids is 1. The Morgan fingerprint density at radius 1 is 1.17 bits per heavy atom. The molecule has 0 aliphatic carbocycles. The Bertz CT molecular complexity index is 1030. The van der Waals surface area contributed by atoms with Crippen molar-refractivity contribution < 1.29 is 31.1 Å². The molecule has 0 fully saturated rings. The van der Waals surface area contributed by atoms with Crippen LogP contribution in [0.5, 0.6) is 5.75 Å². The second-order valence-corrected chi connectivity index (χ2v) is 8.34. The van der Waals surface area contributed by atoms with Crippen molar-refractivity contribution in [2.75, 3.05) is 17.3 Å². The number of hydrogen-bond acceptors (Lipinski definition) is 4. The summed E-state index contributed by atoms with van der Waals surface area (Å²) >= 11 is 0. The number of carbonyl (C=O) groups is 1. The minimum absolute atomic E-state index is 0.189. The van der Waals surface area contributed by atoms with Crippen LogP contribution in [0.4, 0.5) is 18.9 Å². The first-order chi connectivity index (χ1) is 13.6. The van der Waals surface area contributed by atoms with Crippen molar-refractivity contribution in [2.45, 2.75) is 19.1 Å². The Morgan fingerprint density at radius 2 is 1.86 bits per heavy atom. The highest BCUT2D eigenvalue weighted by atomic mass is 32.2. The molecule has 1 aliphatic rings. The molecule has 1 amide bonds. The zero-order valence-electron chi connectivity index (χ0n) is 15.4. The van der Waals surface area contributed by atoms with Gasteiger partial charge in [0, 0.05) is 16.7 Å². The monoisotopic (exact) mass is 425 g/mol. The maximum atomic E-state index is 13.1. The SMILES string of the molecule is CCOc1ccc(N(C(=O)c2cccc(C(F)(F)F)c2)C2C=CS(=O)(=O)C2)cc1. The van der Waals surface area contributed by atoms with Crippen molar-refractivity contribution in [3.05, 3.63) is 71.1 Å². The summed E-state index contributed by atoms with van der Waals surface area (Å²) in [5, 5.41) is 1.01. The summed E-state index contributed by atoms with van der Waals surface area (Å²) in [6.07, 6.45) is -3.24. The van der Waals surface area contributed by atoms with Gasteiger partial charge in [0.25, 0.3) is 5.91 Å². The van der Waals surface area contributed by atoms with Crippen LogP contribution in [0.3, 0.4) is 0 Å². The van der Waals surface area contributed by atoms with Gasteiger partial charge in [-0.25, -0.2) is 8.42 Å². The summed E-state index contributed by atoms with van der Waals surface area (Å²) in [4.78, 5) is 14.3. The lowest BCUT2D eigenvalue weighted by Crippen LogP contribution is -2.41. The highest BCUT2D eigenvalue weighted by Crippen LogP contribution is 2.31. The van der Waals surface area contributed by atoms with Gasteiger partial charge in [-0.2, -0.15) is 13.2 Å². The second kappa shape index (κ2) is 7.90. The van der Waals surface area contributed by atoms with Crippen LogP contribution in [-0.4, -0.2) is 32.7 Å². The van der Waals surface area contributed by atoms with Crippen LogP contribution in [-0.2, 0) is 16.0 Å². The van der Waals surface area contributed by atoms with Gasteiger partial charge in [0.2, 0.25) is 0 Å². The molecule has 29 heavy (non-hydrogen) atoms. The Balaban J connectivity index is 2.01. The van der Waals surface area contributed by atoms with E-state index in [2.05, 4.69) is 0 Å². The molecule has 2 aromatic carbocycles. The van der Waals surface area contributed by atoms with Crippen molar-refractivity contribution >= 4 is 21.4 Å². The fourth-order valence-corrected chi connectivity index (χ4v) is 4.28. The molecular formula is C20H18F3NO4S. The van der Waals surface area contributed by atoms with E-state index in [-0.39, 0.29) is 11.3 Å². The lowest BCUT2D eigenvalue weighted by atomic mass is 10.1. The molecule has 0 spiro atoms. The molecule has 1 atom stereocenters. The van der Waals surface area contributed by atoms with Gasteiger partial charge in [-0.15, -0.1) is 0 Å². The summed E-state index contributed by atoms with van der Waals surface area (Å²) in [6.45, 7) is 2.25. The number of alkyl halides is 3.